The van der Waals surface area contributed by atoms with Crippen LogP contribution in [0.3, 0.4) is 0 Å². The second kappa shape index (κ2) is 5.46. The molecule has 0 amide bonds. The minimum absolute atomic E-state index is 0.0686. The number of aromatic nitrogens is 4. The number of rotatable bonds is 3. The monoisotopic (exact) mass is 277 g/mol. The first-order chi connectivity index (χ1) is 10.3. The van der Waals surface area contributed by atoms with Crippen molar-refractivity contribution < 1.29 is 9.90 Å². The summed E-state index contributed by atoms with van der Waals surface area (Å²) in [4.78, 5) is 27.6. The Hall–Kier alpha value is -3.15. The number of carbonyl (C=O) groups is 1. The highest BCUT2D eigenvalue weighted by Crippen LogP contribution is 2.22. The Balaban J connectivity index is 2.18. The fraction of sp³-hybridized carbons (Fsp3) is 0. The average Bonchev–Trinajstić information content (AvgIpc) is 2.56. The minimum Gasteiger partial charge on any atom is -0.545 e. The molecule has 0 saturated carbocycles. The van der Waals surface area contributed by atoms with Crippen LogP contribution in [0.1, 0.15) is 10.4 Å². The van der Waals surface area contributed by atoms with E-state index < -0.39 is 5.97 Å². The summed E-state index contributed by atoms with van der Waals surface area (Å²) in [6, 6.07) is 8.70. The lowest BCUT2D eigenvalue weighted by Crippen LogP contribution is -2.24. The van der Waals surface area contributed by atoms with Crippen molar-refractivity contribution in [3.8, 4) is 22.8 Å². The van der Waals surface area contributed by atoms with Crippen LogP contribution in [0.2, 0.25) is 0 Å². The van der Waals surface area contributed by atoms with Gasteiger partial charge in [-0.25, -0.2) is 9.97 Å². The molecule has 0 aliphatic carbocycles. The normalized spacial score (nSPS) is 10.3. The molecule has 0 radical (unpaired) electrons. The lowest BCUT2D eigenvalue weighted by atomic mass is 10.1. The first kappa shape index (κ1) is 12.9. The van der Waals surface area contributed by atoms with E-state index in [2.05, 4.69) is 19.9 Å². The van der Waals surface area contributed by atoms with Gasteiger partial charge in [0.25, 0.3) is 0 Å². The predicted octanol–water partition coefficient (Wildman–Crippen LogP) is 0.964. The van der Waals surface area contributed by atoms with Crippen molar-refractivity contribution >= 4 is 5.97 Å². The summed E-state index contributed by atoms with van der Waals surface area (Å²) in [6.07, 6.45) is 5.99. The lowest BCUT2D eigenvalue weighted by Gasteiger charge is -2.10. The van der Waals surface area contributed by atoms with Crippen LogP contribution in [-0.2, 0) is 0 Å². The van der Waals surface area contributed by atoms with E-state index in [1.165, 1.54) is 6.20 Å². The van der Waals surface area contributed by atoms with E-state index in [9.17, 15) is 9.90 Å². The minimum atomic E-state index is -1.32. The van der Waals surface area contributed by atoms with Crippen LogP contribution >= 0.6 is 0 Å². The van der Waals surface area contributed by atoms with Gasteiger partial charge in [-0.15, -0.1) is 0 Å². The number of carboxylic acid groups (broad SMARTS) is 1. The molecule has 0 saturated heterocycles. The smallest absolute Gasteiger partial charge is 0.178 e. The van der Waals surface area contributed by atoms with Crippen molar-refractivity contribution in [3.63, 3.8) is 0 Å². The van der Waals surface area contributed by atoms with Crippen LogP contribution in [0, 0.1) is 0 Å². The first-order valence-electron chi connectivity index (χ1n) is 6.16. The molecule has 0 fully saturated rings. The maximum atomic E-state index is 11.2. The van der Waals surface area contributed by atoms with Gasteiger partial charge in [-0.1, -0.05) is 6.07 Å². The number of nitrogens with zero attached hydrogens (tertiary/aromatic N) is 4. The van der Waals surface area contributed by atoms with E-state index in [4.69, 9.17) is 0 Å². The Morgan fingerprint density at radius 3 is 2.48 bits per heavy atom. The number of aromatic carboxylic acids is 1. The van der Waals surface area contributed by atoms with E-state index in [-0.39, 0.29) is 11.3 Å². The quantitative estimate of drug-likeness (QED) is 0.708. The molecule has 6 nitrogen and oxygen atoms in total. The summed E-state index contributed by atoms with van der Waals surface area (Å²) >= 11 is 0. The standard InChI is InChI=1S/C15H10N4O2/c20-15(21)11-9-18-14(12-3-1-2-6-17-12)19-13(11)10-4-7-16-8-5-10/h1-9H,(H,20,21)/p-1. The van der Waals surface area contributed by atoms with E-state index >= 15 is 0 Å². The number of hydrogen-bond donors (Lipinski definition) is 0. The molecule has 0 bridgehead atoms. The fourth-order valence-corrected chi connectivity index (χ4v) is 1.88. The molecule has 6 heteroatoms. The molecule has 102 valence electrons. The van der Waals surface area contributed by atoms with E-state index in [0.29, 0.717) is 17.1 Å². The van der Waals surface area contributed by atoms with Crippen molar-refractivity contribution in [2.24, 2.45) is 0 Å². The molecule has 0 atom stereocenters. The third-order valence-electron chi connectivity index (χ3n) is 2.86. The number of carbonyl (C=O) groups excluding carboxylic acids is 1. The van der Waals surface area contributed by atoms with Crippen LogP contribution in [-0.4, -0.2) is 25.9 Å². The number of hydrogen-bond acceptors (Lipinski definition) is 6. The maximum absolute atomic E-state index is 11.2. The zero-order chi connectivity index (χ0) is 14.7. The maximum Gasteiger partial charge on any atom is 0.178 e. The largest absolute Gasteiger partial charge is 0.545 e. The Morgan fingerprint density at radius 1 is 1.00 bits per heavy atom. The van der Waals surface area contributed by atoms with Gasteiger partial charge >= 0.3 is 0 Å². The van der Waals surface area contributed by atoms with Gasteiger partial charge in [-0.2, -0.15) is 0 Å². The number of pyridine rings is 2. The van der Waals surface area contributed by atoms with Crippen molar-refractivity contribution in [3.05, 3.63) is 60.7 Å². The summed E-state index contributed by atoms with van der Waals surface area (Å²) in [5, 5.41) is 11.2. The molecule has 3 heterocycles. The summed E-state index contributed by atoms with van der Waals surface area (Å²) in [6.45, 7) is 0. The van der Waals surface area contributed by atoms with Gasteiger partial charge in [0.05, 0.1) is 11.7 Å². The molecule has 0 aliphatic heterocycles. The molecule has 0 spiro atoms. The van der Waals surface area contributed by atoms with Crippen molar-refractivity contribution in [1.29, 1.82) is 0 Å². The molecule has 0 unspecified atom stereocenters. The average molecular weight is 277 g/mol. The molecule has 3 rings (SSSR count). The van der Waals surface area contributed by atoms with Gasteiger partial charge in [0.15, 0.2) is 5.82 Å². The summed E-state index contributed by atoms with van der Waals surface area (Å²) in [5.41, 5.74) is 1.41. The van der Waals surface area contributed by atoms with Gasteiger partial charge < -0.3 is 9.90 Å². The van der Waals surface area contributed by atoms with Gasteiger partial charge in [0, 0.05) is 35.9 Å². The second-order valence-electron chi connectivity index (χ2n) is 4.19. The van der Waals surface area contributed by atoms with Gasteiger partial charge in [0.1, 0.15) is 5.69 Å². The molecule has 0 aliphatic rings. The Bertz CT molecular complexity index is 776. The van der Waals surface area contributed by atoms with Crippen LogP contribution in [0.25, 0.3) is 22.8 Å². The second-order valence-corrected chi connectivity index (χ2v) is 4.19. The molecular weight excluding hydrogens is 268 g/mol. The third-order valence-corrected chi connectivity index (χ3v) is 2.86. The van der Waals surface area contributed by atoms with Gasteiger partial charge in [-0.05, 0) is 24.3 Å². The lowest BCUT2D eigenvalue weighted by molar-refractivity contribution is -0.255. The van der Waals surface area contributed by atoms with Crippen molar-refractivity contribution in [2.75, 3.05) is 0 Å². The van der Waals surface area contributed by atoms with Crippen molar-refractivity contribution in [1.82, 2.24) is 19.9 Å². The molecule has 21 heavy (non-hydrogen) atoms. The van der Waals surface area contributed by atoms with Crippen LogP contribution in [0.15, 0.2) is 55.1 Å². The number of carboxylic acids is 1. The zero-order valence-electron chi connectivity index (χ0n) is 10.8. The van der Waals surface area contributed by atoms with Crippen LogP contribution in [0.5, 0.6) is 0 Å². The van der Waals surface area contributed by atoms with Crippen LogP contribution in [0.4, 0.5) is 0 Å². The van der Waals surface area contributed by atoms with E-state index in [1.54, 1.807) is 42.9 Å². The van der Waals surface area contributed by atoms with E-state index in [1.807, 2.05) is 6.07 Å². The van der Waals surface area contributed by atoms with Gasteiger partial charge in [-0.3, -0.25) is 9.97 Å². The molecular formula is C15H9N4O2-. The SMILES string of the molecule is O=C([O-])c1cnc(-c2ccccn2)nc1-c1ccncc1. The Morgan fingerprint density at radius 2 is 1.81 bits per heavy atom. The van der Waals surface area contributed by atoms with Gasteiger partial charge in [0.2, 0.25) is 0 Å². The molecule has 3 aromatic heterocycles. The highest BCUT2D eigenvalue weighted by atomic mass is 16.4. The van der Waals surface area contributed by atoms with Crippen molar-refractivity contribution in [2.45, 2.75) is 0 Å². The summed E-state index contributed by atoms with van der Waals surface area (Å²) in [5.74, 6) is -0.971. The predicted molar refractivity (Wildman–Crippen MR) is 72.8 cm³/mol. The topological polar surface area (TPSA) is 91.7 Å². The van der Waals surface area contributed by atoms with Crippen LogP contribution < -0.4 is 5.11 Å². The Kier molecular flexibility index (Phi) is 3.34. The zero-order valence-corrected chi connectivity index (χ0v) is 10.8. The first-order valence-corrected chi connectivity index (χ1v) is 6.16. The fourth-order valence-electron chi connectivity index (χ4n) is 1.88. The van der Waals surface area contributed by atoms with E-state index in [0.717, 1.165) is 0 Å². The Labute approximate surface area is 120 Å². The third kappa shape index (κ3) is 2.59. The molecule has 0 aromatic carbocycles. The highest BCUT2D eigenvalue weighted by molar-refractivity contribution is 5.93. The highest BCUT2D eigenvalue weighted by Gasteiger charge is 2.12. The summed E-state index contributed by atoms with van der Waals surface area (Å²) < 4.78 is 0. The summed E-state index contributed by atoms with van der Waals surface area (Å²) in [7, 11) is 0. The molecule has 0 N–H and O–H groups in total. The molecule has 3 aromatic rings.